The summed E-state index contributed by atoms with van der Waals surface area (Å²) < 4.78 is 0. The molecule has 0 fully saturated rings. The average molecular weight is 353 g/mol. The fourth-order valence-electron chi connectivity index (χ4n) is 2.02. The van der Waals surface area contributed by atoms with Crippen molar-refractivity contribution in [3.8, 4) is 0 Å². The van der Waals surface area contributed by atoms with E-state index in [4.69, 9.17) is 4.84 Å². The van der Waals surface area contributed by atoms with Crippen molar-refractivity contribution in [3.05, 3.63) is 86.8 Å². The molecule has 0 bridgehead atoms. The van der Waals surface area contributed by atoms with E-state index >= 15 is 0 Å². The van der Waals surface area contributed by atoms with Gasteiger partial charge in [-0.15, -0.1) is 22.7 Å². The van der Waals surface area contributed by atoms with Crippen LogP contribution in [0.15, 0.2) is 76.6 Å². The molecule has 0 aliphatic heterocycles. The molecule has 5 heteroatoms. The van der Waals surface area contributed by atoms with Gasteiger partial charge in [0.05, 0.1) is 15.5 Å². The van der Waals surface area contributed by atoms with Gasteiger partial charge in [0.2, 0.25) is 0 Å². The third-order valence-electron chi connectivity index (χ3n) is 3.24. The van der Waals surface area contributed by atoms with Gasteiger partial charge in [0.1, 0.15) is 0 Å². The van der Waals surface area contributed by atoms with Crippen LogP contribution in [0.4, 0.5) is 0 Å². The molecule has 0 unspecified atom stereocenters. The molecule has 24 heavy (non-hydrogen) atoms. The van der Waals surface area contributed by atoms with E-state index in [1.54, 1.807) is 17.4 Å². The third kappa shape index (κ3) is 4.07. The topological polar surface area (TPSA) is 38.7 Å². The highest BCUT2D eigenvalue weighted by molar-refractivity contribution is 7.12. The summed E-state index contributed by atoms with van der Waals surface area (Å²) in [5.74, 6) is 0.345. The van der Waals surface area contributed by atoms with Crippen LogP contribution >= 0.6 is 22.7 Å². The number of carbonyl (C=O) groups is 1. The maximum atomic E-state index is 12.4. The smallest absolute Gasteiger partial charge is 0.199 e. The van der Waals surface area contributed by atoms with E-state index in [0.29, 0.717) is 10.6 Å². The Labute approximate surface area is 148 Å². The lowest BCUT2D eigenvalue weighted by Gasteiger charge is -2.06. The summed E-state index contributed by atoms with van der Waals surface area (Å²) in [5, 5.41) is 8.05. The van der Waals surface area contributed by atoms with E-state index in [-0.39, 0.29) is 5.78 Å². The molecular weight excluding hydrogens is 338 g/mol. The van der Waals surface area contributed by atoms with Gasteiger partial charge in [-0.25, -0.2) is 0 Å². The SMILES string of the molecule is C/C(=N\O/C(=C/C(=O)c1cccs1)c1ccccc1)c1cccs1. The summed E-state index contributed by atoms with van der Waals surface area (Å²) in [5.41, 5.74) is 1.58. The van der Waals surface area contributed by atoms with E-state index in [9.17, 15) is 4.79 Å². The highest BCUT2D eigenvalue weighted by Crippen LogP contribution is 2.20. The maximum absolute atomic E-state index is 12.4. The number of nitrogens with zero attached hydrogens (tertiary/aromatic N) is 1. The number of carbonyl (C=O) groups excluding carboxylic acids is 1. The van der Waals surface area contributed by atoms with Crippen molar-refractivity contribution in [1.29, 1.82) is 0 Å². The second-order valence-electron chi connectivity index (χ2n) is 4.96. The Morgan fingerprint density at radius 3 is 2.25 bits per heavy atom. The van der Waals surface area contributed by atoms with E-state index in [2.05, 4.69) is 5.16 Å². The fourth-order valence-corrected chi connectivity index (χ4v) is 3.33. The molecule has 0 saturated carbocycles. The Bertz CT molecular complexity index is 848. The summed E-state index contributed by atoms with van der Waals surface area (Å²) in [6.07, 6.45) is 1.49. The van der Waals surface area contributed by atoms with Gasteiger partial charge >= 0.3 is 0 Å². The molecule has 0 aliphatic rings. The Kier molecular flexibility index (Phi) is 5.36. The quantitative estimate of drug-likeness (QED) is 0.194. The number of hydrogen-bond acceptors (Lipinski definition) is 5. The fraction of sp³-hybridized carbons (Fsp3) is 0.0526. The first-order chi connectivity index (χ1) is 11.7. The molecule has 0 radical (unpaired) electrons. The zero-order valence-electron chi connectivity index (χ0n) is 13.0. The number of benzene rings is 1. The highest BCUT2D eigenvalue weighted by atomic mass is 32.1. The summed E-state index contributed by atoms with van der Waals surface area (Å²) in [7, 11) is 0. The lowest BCUT2D eigenvalue weighted by molar-refractivity contribution is 0.104. The molecule has 0 saturated heterocycles. The molecule has 1 aromatic carbocycles. The van der Waals surface area contributed by atoms with Crippen LogP contribution in [0.25, 0.3) is 5.76 Å². The van der Waals surface area contributed by atoms with Gasteiger partial charge in [0.15, 0.2) is 11.5 Å². The maximum Gasteiger partial charge on any atom is 0.199 e. The molecule has 0 spiro atoms. The standard InChI is InChI=1S/C19H15NO2S2/c1-14(18-9-5-11-23-18)20-22-17(15-7-3-2-4-8-15)13-16(21)19-10-6-12-24-19/h2-13H,1H3/b17-13+,20-14+. The van der Waals surface area contributed by atoms with Crippen molar-refractivity contribution in [2.24, 2.45) is 5.16 Å². The minimum Gasteiger partial charge on any atom is -0.356 e. The molecule has 3 rings (SSSR count). The van der Waals surface area contributed by atoms with Crippen LogP contribution in [0.1, 0.15) is 27.0 Å². The van der Waals surface area contributed by atoms with Crippen LogP contribution in [0.5, 0.6) is 0 Å². The molecule has 0 aliphatic carbocycles. The van der Waals surface area contributed by atoms with Crippen LogP contribution in [0.2, 0.25) is 0 Å². The van der Waals surface area contributed by atoms with Crippen LogP contribution in [0, 0.1) is 0 Å². The first kappa shape index (κ1) is 16.4. The van der Waals surface area contributed by atoms with Gasteiger partial charge in [-0.2, -0.15) is 0 Å². The molecule has 120 valence electrons. The zero-order chi connectivity index (χ0) is 16.8. The molecule has 0 atom stereocenters. The normalized spacial score (nSPS) is 12.2. The number of thiophene rings is 2. The Balaban J connectivity index is 1.88. The molecule has 0 amide bonds. The van der Waals surface area contributed by atoms with Gasteiger partial charge in [-0.3, -0.25) is 4.79 Å². The second kappa shape index (κ2) is 7.86. The van der Waals surface area contributed by atoms with Crippen molar-refractivity contribution in [2.75, 3.05) is 0 Å². The van der Waals surface area contributed by atoms with E-state index in [1.807, 2.05) is 66.2 Å². The van der Waals surface area contributed by atoms with Crippen molar-refractivity contribution in [3.63, 3.8) is 0 Å². The van der Waals surface area contributed by atoms with Crippen LogP contribution in [0.3, 0.4) is 0 Å². The van der Waals surface area contributed by atoms with Gasteiger partial charge < -0.3 is 4.84 Å². The molecule has 2 aromatic heterocycles. The first-order valence-corrected chi connectivity index (χ1v) is 9.10. The monoisotopic (exact) mass is 353 g/mol. The molecule has 2 heterocycles. The molecule has 3 nitrogen and oxygen atoms in total. The van der Waals surface area contributed by atoms with Gasteiger partial charge in [-0.05, 0) is 29.8 Å². The lowest BCUT2D eigenvalue weighted by Crippen LogP contribution is -1.98. The highest BCUT2D eigenvalue weighted by Gasteiger charge is 2.10. The lowest BCUT2D eigenvalue weighted by atomic mass is 10.1. The average Bonchev–Trinajstić information content (AvgIpc) is 3.32. The predicted octanol–water partition coefficient (Wildman–Crippen LogP) is 5.47. The van der Waals surface area contributed by atoms with Gasteiger partial charge in [-0.1, -0.05) is 47.6 Å². The van der Waals surface area contributed by atoms with Crippen molar-refractivity contribution in [2.45, 2.75) is 6.92 Å². The van der Waals surface area contributed by atoms with Crippen molar-refractivity contribution < 1.29 is 9.63 Å². The first-order valence-electron chi connectivity index (χ1n) is 7.34. The summed E-state index contributed by atoms with van der Waals surface area (Å²) >= 11 is 3.00. The van der Waals surface area contributed by atoms with E-state index in [1.165, 1.54) is 17.4 Å². The van der Waals surface area contributed by atoms with Crippen LogP contribution in [-0.4, -0.2) is 11.5 Å². The summed E-state index contributed by atoms with van der Waals surface area (Å²) in [4.78, 5) is 19.7. The number of hydrogen-bond donors (Lipinski definition) is 0. The molecule has 3 aromatic rings. The third-order valence-corrected chi connectivity index (χ3v) is 5.11. The van der Waals surface area contributed by atoms with Gasteiger partial charge in [0.25, 0.3) is 0 Å². The largest absolute Gasteiger partial charge is 0.356 e. The summed E-state index contributed by atoms with van der Waals surface area (Å²) in [6, 6.07) is 17.1. The Morgan fingerprint density at radius 2 is 1.62 bits per heavy atom. The van der Waals surface area contributed by atoms with Crippen LogP contribution in [-0.2, 0) is 4.84 Å². The Morgan fingerprint density at radius 1 is 0.958 bits per heavy atom. The van der Waals surface area contributed by atoms with E-state index < -0.39 is 0 Å². The number of allylic oxidation sites excluding steroid dienone is 1. The minimum atomic E-state index is -0.0900. The number of ketones is 1. The van der Waals surface area contributed by atoms with Crippen LogP contribution < -0.4 is 0 Å². The summed E-state index contributed by atoms with van der Waals surface area (Å²) in [6.45, 7) is 1.88. The van der Waals surface area contributed by atoms with Crippen molar-refractivity contribution in [1.82, 2.24) is 0 Å². The predicted molar refractivity (Wildman–Crippen MR) is 101 cm³/mol. The number of rotatable bonds is 6. The van der Waals surface area contributed by atoms with E-state index in [0.717, 1.165) is 16.2 Å². The zero-order valence-corrected chi connectivity index (χ0v) is 14.6. The Hall–Kier alpha value is -2.50. The second-order valence-corrected chi connectivity index (χ2v) is 6.86. The molecule has 0 N–H and O–H groups in total. The van der Waals surface area contributed by atoms with Crippen molar-refractivity contribution >= 4 is 39.9 Å². The minimum absolute atomic E-state index is 0.0900. The molecular formula is C19H15NO2S2. The van der Waals surface area contributed by atoms with Gasteiger partial charge in [0, 0.05) is 11.6 Å². The number of oxime groups is 1.